The van der Waals surface area contributed by atoms with E-state index in [2.05, 4.69) is 5.32 Å². The highest BCUT2D eigenvalue weighted by Crippen LogP contribution is 2.21. The van der Waals surface area contributed by atoms with Gasteiger partial charge in [0.15, 0.2) is 23.1 Å². The van der Waals surface area contributed by atoms with Crippen molar-refractivity contribution >= 4 is 5.69 Å². The van der Waals surface area contributed by atoms with E-state index >= 15 is 0 Å². The molecule has 0 bridgehead atoms. The summed E-state index contributed by atoms with van der Waals surface area (Å²) in [4.78, 5) is 0. The molecule has 0 saturated carbocycles. The maximum atomic E-state index is 13.4. The van der Waals surface area contributed by atoms with Crippen LogP contribution in [0.3, 0.4) is 0 Å². The van der Waals surface area contributed by atoms with Crippen LogP contribution in [0, 0.1) is 11.6 Å². The number of phenolic OH excluding ortho intramolecular Hbond substituents is 1. The molecule has 100 valence electrons. The van der Waals surface area contributed by atoms with E-state index in [-0.39, 0.29) is 5.75 Å². The second-order valence-electron chi connectivity index (χ2n) is 3.99. The number of ether oxygens (including phenoxy) is 1. The highest BCUT2D eigenvalue weighted by Gasteiger charge is 2.04. The second-order valence-corrected chi connectivity index (χ2v) is 3.99. The molecule has 0 fully saturated rings. The maximum absolute atomic E-state index is 13.4. The molecule has 3 nitrogen and oxygen atoms in total. The smallest absolute Gasteiger partial charge is 0.166 e. The molecule has 0 amide bonds. The Hall–Kier alpha value is -2.30. The Morgan fingerprint density at radius 3 is 2.53 bits per heavy atom. The van der Waals surface area contributed by atoms with Crippen LogP contribution in [0.4, 0.5) is 14.5 Å². The molecule has 2 aromatic carbocycles. The first-order valence-corrected chi connectivity index (χ1v) is 5.65. The molecule has 19 heavy (non-hydrogen) atoms. The summed E-state index contributed by atoms with van der Waals surface area (Å²) < 4.78 is 31.4. The number of phenols is 1. The molecule has 5 heteroatoms. The Labute approximate surface area is 109 Å². The third kappa shape index (κ3) is 3.13. The van der Waals surface area contributed by atoms with Gasteiger partial charge in [0.05, 0.1) is 7.11 Å². The molecule has 0 saturated heterocycles. The van der Waals surface area contributed by atoms with Crippen LogP contribution >= 0.6 is 0 Å². The minimum absolute atomic E-state index is 0.180. The molecule has 0 aromatic heterocycles. The molecule has 0 aliphatic carbocycles. The quantitative estimate of drug-likeness (QED) is 0.833. The van der Waals surface area contributed by atoms with Gasteiger partial charge in [0.25, 0.3) is 0 Å². The number of nitrogens with one attached hydrogen (secondary N) is 1. The van der Waals surface area contributed by atoms with E-state index in [9.17, 15) is 8.78 Å². The lowest BCUT2D eigenvalue weighted by molar-refractivity contribution is 0.386. The van der Waals surface area contributed by atoms with Gasteiger partial charge >= 0.3 is 0 Å². The summed E-state index contributed by atoms with van der Waals surface area (Å²) in [5, 5.41) is 12.0. The Kier molecular flexibility index (Phi) is 3.85. The van der Waals surface area contributed by atoms with Gasteiger partial charge in [0, 0.05) is 18.3 Å². The van der Waals surface area contributed by atoms with Crippen molar-refractivity contribution in [2.75, 3.05) is 12.4 Å². The average molecular weight is 265 g/mol. The molecule has 2 rings (SSSR count). The molecular formula is C14H13F2NO2. The molecule has 2 N–H and O–H groups in total. The van der Waals surface area contributed by atoms with Crippen molar-refractivity contribution in [1.29, 1.82) is 0 Å². The molecule has 2 aromatic rings. The molecular weight excluding hydrogens is 252 g/mol. The summed E-state index contributed by atoms with van der Waals surface area (Å²) in [6, 6.07) is 8.57. The second kappa shape index (κ2) is 5.56. The zero-order chi connectivity index (χ0) is 13.8. The van der Waals surface area contributed by atoms with Gasteiger partial charge in [-0.2, -0.15) is 0 Å². The lowest BCUT2D eigenvalue weighted by Crippen LogP contribution is -2.00. The largest absolute Gasteiger partial charge is 0.505 e. The van der Waals surface area contributed by atoms with Crippen molar-refractivity contribution in [2.45, 2.75) is 6.54 Å². The summed E-state index contributed by atoms with van der Waals surface area (Å²) in [5.74, 6) is -1.37. The first-order chi connectivity index (χ1) is 9.10. The third-order valence-corrected chi connectivity index (χ3v) is 2.66. The minimum atomic E-state index is -0.703. The molecule has 0 heterocycles. The van der Waals surface area contributed by atoms with Crippen LogP contribution < -0.4 is 10.1 Å². The van der Waals surface area contributed by atoms with Crippen molar-refractivity contribution in [1.82, 2.24) is 0 Å². The predicted molar refractivity (Wildman–Crippen MR) is 68.3 cm³/mol. The fraction of sp³-hybridized carbons (Fsp3) is 0.143. The van der Waals surface area contributed by atoms with Crippen LogP contribution in [0.1, 0.15) is 5.56 Å². The monoisotopic (exact) mass is 265 g/mol. The molecule has 0 spiro atoms. The summed E-state index contributed by atoms with van der Waals surface area (Å²) in [5.41, 5.74) is 1.21. The summed E-state index contributed by atoms with van der Waals surface area (Å²) in [7, 11) is 1.40. The van der Waals surface area contributed by atoms with Gasteiger partial charge in [-0.25, -0.2) is 8.78 Å². The van der Waals surface area contributed by atoms with Gasteiger partial charge in [-0.3, -0.25) is 0 Å². The zero-order valence-corrected chi connectivity index (χ0v) is 10.3. The first-order valence-electron chi connectivity index (χ1n) is 5.65. The minimum Gasteiger partial charge on any atom is -0.505 e. The van der Waals surface area contributed by atoms with Gasteiger partial charge in [0.1, 0.15) is 0 Å². The number of rotatable bonds is 4. The van der Waals surface area contributed by atoms with E-state index in [1.807, 2.05) is 0 Å². The number of aromatic hydroxyl groups is 1. The Morgan fingerprint density at radius 2 is 1.89 bits per heavy atom. The number of hydrogen-bond acceptors (Lipinski definition) is 3. The van der Waals surface area contributed by atoms with E-state index < -0.39 is 17.4 Å². The van der Waals surface area contributed by atoms with E-state index in [1.165, 1.54) is 37.4 Å². The number of hydrogen-bond donors (Lipinski definition) is 2. The van der Waals surface area contributed by atoms with Crippen molar-refractivity contribution in [3.63, 3.8) is 0 Å². The van der Waals surface area contributed by atoms with Crippen molar-refractivity contribution in [2.24, 2.45) is 0 Å². The van der Waals surface area contributed by atoms with Gasteiger partial charge in [-0.1, -0.05) is 6.07 Å². The van der Waals surface area contributed by atoms with Gasteiger partial charge < -0.3 is 15.2 Å². The third-order valence-electron chi connectivity index (χ3n) is 2.66. The van der Waals surface area contributed by atoms with Crippen molar-refractivity contribution in [3.8, 4) is 11.5 Å². The normalized spacial score (nSPS) is 10.3. The lowest BCUT2D eigenvalue weighted by atomic mass is 10.2. The zero-order valence-electron chi connectivity index (χ0n) is 10.3. The standard InChI is InChI=1S/C14H13F2NO2/c1-19-14-5-2-9(6-12(14)16)8-17-10-3-4-13(18)11(15)7-10/h2-7,17-18H,8H2,1H3. The van der Waals surface area contributed by atoms with Crippen LogP contribution in [0.2, 0.25) is 0 Å². The topological polar surface area (TPSA) is 41.5 Å². The molecule has 0 aliphatic rings. The number of anilines is 1. The Bertz CT molecular complexity index is 588. The van der Waals surface area contributed by atoms with Crippen LogP contribution in [0.15, 0.2) is 36.4 Å². The van der Waals surface area contributed by atoms with E-state index in [0.717, 1.165) is 0 Å². The molecule has 0 aliphatic heterocycles. The lowest BCUT2D eigenvalue weighted by Gasteiger charge is -2.08. The Morgan fingerprint density at radius 1 is 1.11 bits per heavy atom. The number of halogens is 2. The summed E-state index contributed by atoms with van der Waals surface area (Å²) in [6.45, 7) is 0.338. The summed E-state index contributed by atoms with van der Waals surface area (Å²) in [6.07, 6.45) is 0. The number of methoxy groups -OCH3 is 1. The van der Waals surface area contributed by atoms with Gasteiger partial charge in [-0.15, -0.1) is 0 Å². The van der Waals surface area contributed by atoms with E-state index in [4.69, 9.17) is 9.84 Å². The van der Waals surface area contributed by atoms with E-state index in [1.54, 1.807) is 6.07 Å². The highest BCUT2D eigenvalue weighted by molar-refractivity contribution is 5.47. The van der Waals surface area contributed by atoms with Crippen LogP contribution in [-0.4, -0.2) is 12.2 Å². The first kappa shape index (κ1) is 13.1. The predicted octanol–water partition coefficient (Wildman–Crippen LogP) is 3.29. The van der Waals surface area contributed by atoms with Crippen LogP contribution in [0.5, 0.6) is 11.5 Å². The van der Waals surface area contributed by atoms with Crippen LogP contribution in [-0.2, 0) is 6.54 Å². The fourth-order valence-corrected chi connectivity index (χ4v) is 1.64. The van der Waals surface area contributed by atoms with Gasteiger partial charge in [-0.05, 0) is 29.8 Å². The fourth-order valence-electron chi connectivity index (χ4n) is 1.64. The summed E-state index contributed by atoms with van der Waals surface area (Å²) >= 11 is 0. The van der Waals surface area contributed by atoms with Gasteiger partial charge in [0.2, 0.25) is 0 Å². The SMILES string of the molecule is COc1ccc(CNc2ccc(O)c(F)c2)cc1F. The number of benzene rings is 2. The Balaban J connectivity index is 2.05. The molecule has 0 radical (unpaired) electrons. The van der Waals surface area contributed by atoms with Crippen molar-refractivity contribution < 1.29 is 18.6 Å². The molecule has 0 atom stereocenters. The highest BCUT2D eigenvalue weighted by atomic mass is 19.1. The maximum Gasteiger partial charge on any atom is 0.166 e. The van der Waals surface area contributed by atoms with E-state index in [0.29, 0.717) is 17.8 Å². The average Bonchev–Trinajstić information content (AvgIpc) is 2.40. The van der Waals surface area contributed by atoms with Crippen molar-refractivity contribution in [3.05, 3.63) is 53.6 Å². The van der Waals surface area contributed by atoms with Crippen LogP contribution in [0.25, 0.3) is 0 Å². The molecule has 0 unspecified atom stereocenters.